The second-order valence-electron chi connectivity index (χ2n) is 6.23. The molecule has 0 amide bonds. The van der Waals surface area contributed by atoms with Gasteiger partial charge in [0.25, 0.3) is 0 Å². The number of hydrogen-bond donors (Lipinski definition) is 1. The number of aryl methyl sites for hydroxylation is 1. The Morgan fingerprint density at radius 3 is 2.53 bits per heavy atom. The molecule has 1 aliphatic heterocycles. The van der Waals surface area contributed by atoms with E-state index in [1.54, 1.807) is 11.0 Å². The maximum atomic E-state index is 4.37. The van der Waals surface area contributed by atoms with Crippen LogP contribution in [-0.4, -0.2) is 44.8 Å². The third-order valence-electron chi connectivity index (χ3n) is 4.56. The van der Waals surface area contributed by atoms with Crippen LogP contribution in [0.1, 0.15) is 33.5 Å². The largest absolute Gasteiger partial charge is 0.349 e. The molecular weight excluding hydrogens is 240 g/mol. The van der Waals surface area contributed by atoms with Gasteiger partial charge in [0.2, 0.25) is 0 Å². The minimum atomic E-state index is 0.106. The molecular formula is C13H24N6. The Kier molecular flexibility index (Phi) is 3.28. The highest BCUT2D eigenvalue weighted by molar-refractivity contribution is 5.81. The second kappa shape index (κ2) is 4.51. The number of rotatable bonds is 2. The lowest BCUT2D eigenvalue weighted by Gasteiger charge is -2.62. The average Bonchev–Trinajstić information content (AvgIpc) is 2.74. The number of nitrogens with one attached hydrogen (secondary N) is 1. The lowest BCUT2D eigenvalue weighted by atomic mass is 9.65. The molecule has 1 N–H and O–H groups in total. The smallest absolute Gasteiger partial charge is 0.194 e. The molecule has 0 saturated carbocycles. The zero-order chi connectivity index (χ0) is 14.3. The highest BCUT2D eigenvalue weighted by Gasteiger charge is 2.53. The highest BCUT2D eigenvalue weighted by Crippen LogP contribution is 2.46. The number of aliphatic imine (C=N–C) groups is 1. The van der Waals surface area contributed by atoms with Crippen LogP contribution in [0.5, 0.6) is 0 Å². The molecule has 0 atom stereocenters. The average molecular weight is 264 g/mol. The van der Waals surface area contributed by atoms with Crippen LogP contribution in [0.3, 0.4) is 0 Å². The predicted octanol–water partition coefficient (Wildman–Crippen LogP) is 1.01. The van der Waals surface area contributed by atoms with E-state index in [2.05, 4.69) is 53.0 Å². The van der Waals surface area contributed by atoms with E-state index in [9.17, 15) is 0 Å². The van der Waals surface area contributed by atoms with E-state index >= 15 is 0 Å². The Balaban J connectivity index is 2.02. The highest BCUT2D eigenvalue weighted by atomic mass is 15.4. The Labute approximate surface area is 114 Å². The van der Waals surface area contributed by atoms with Crippen molar-refractivity contribution in [2.75, 3.05) is 13.6 Å². The van der Waals surface area contributed by atoms with Crippen LogP contribution in [0.25, 0.3) is 0 Å². The van der Waals surface area contributed by atoms with E-state index in [0.717, 1.165) is 18.3 Å². The first-order valence-corrected chi connectivity index (χ1v) is 6.61. The van der Waals surface area contributed by atoms with Crippen molar-refractivity contribution >= 4 is 5.96 Å². The van der Waals surface area contributed by atoms with Crippen molar-refractivity contribution in [3.05, 3.63) is 12.2 Å². The topological polar surface area (TPSA) is 58.3 Å². The maximum absolute atomic E-state index is 4.37. The molecule has 0 radical (unpaired) electrons. The molecule has 0 spiro atoms. The lowest BCUT2D eigenvalue weighted by Crippen LogP contribution is -2.72. The summed E-state index contributed by atoms with van der Waals surface area (Å²) in [6.07, 6.45) is 1.57. The first kappa shape index (κ1) is 13.8. The second-order valence-corrected chi connectivity index (χ2v) is 6.23. The monoisotopic (exact) mass is 264 g/mol. The van der Waals surface area contributed by atoms with Gasteiger partial charge in [0.15, 0.2) is 5.96 Å². The van der Waals surface area contributed by atoms with E-state index in [1.807, 2.05) is 14.1 Å². The number of aromatic nitrogens is 3. The summed E-state index contributed by atoms with van der Waals surface area (Å²) in [4.78, 5) is 10.9. The first-order chi connectivity index (χ1) is 8.79. The van der Waals surface area contributed by atoms with Crippen LogP contribution >= 0.6 is 0 Å². The molecule has 19 heavy (non-hydrogen) atoms. The third kappa shape index (κ3) is 2.19. The summed E-state index contributed by atoms with van der Waals surface area (Å²) in [6, 6.07) is 0. The van der Waals surface area contributed by atoms with E-state index < -0.39 is 0 Å². The van der Waals surface area contributed by atoms with E-state index in [1.165, 1.54) is 0 Å². The van der Waals surface area contributed by atoms with Gasteiger partial charge in [-0.25, -0.2) is 4.98 Å². The van der Waals surface area contributed by atoms with Gasteiger partial charge in [-0.05, 0) is 13.8 Å². The van der Waals surface area contributed by atoms with Gasteiger partial charge in [0, 0.05) is 31.6 Å². The molecule has 106 valence electrons. The van der Waals surface area contributed by atoms with Gasteiger partial charge < -0.3 is 10.2 Å². The van der Waals surface area contributed by atoms with Crippen molar-refractivity contribution in [1.29, 1.82) is 0 Å². The van der Waals surface area contributed by atoms with Crippen LogP contribution in [0.2, 0.25) is 0 Å². The molecule has 1 aromatic heterocycles. The van der Waals surface area contributed by atoms with Crippen molar-refractivity contribution in [2.24, 2.45) is 17.5 Å². The fraction of sp³-hybridized carbons (Fsp3) is 0.769. The normalized spacial score (nSPS) is 21.2. The molecule has 0 aromatic carbocycles. The molecule has 1 aromatic rings. The fourth-order valence-corrected chi connectivity index (χ4v) is 2.33. The molecule has 6 nitrogen and oxygen atoms in total. The van der Waals surface area contributed by atoms with Gasteiger partial charge in [-0.15, -0.1) is 0 Å². The van der Waals surface area contributed by atoms with Gasteiger partial charge in [0.05, 0.1) is 6.54 Å². The number of hydrogen-bond acceptors (Lipinski definition) is 3. The Morgan fingerprint density at radius 2 is 2.11 bits per heavy atom. The van der Waals surface area contributed by atoms with E-state index in [0.29, 0.717) is 12.0 Å². The molecule has 0 bridgehead atoms. The van der Waals surface area contributed by atoms with Crippen LogP contribution in [0.15, 0.2) is 11.3 Å². The minimum Gasteiger partial charge on any atom is -0.349 e. The molecule has 1 saturated heterocycles. The van der Waals surface area contributed by atoms with Gasteiger partial charge in [-0.1, -0.05) is 13.8 Å². The lowest BCUT2D eigenvalue weighted by molar-refractivity contribution is -0.0668. The molecule has 1 fully saturated rings. The van der Waals surface area contributed by atoms with Crippen molar-refractivity contribution in [2.45, 2.75) is 39.8 Å². The number of likely N-dealkylation sites (tertiary alicyclic amines) is 1. The van der Waals surface area contributed by atoms with Crippen LogP contribution in [-0.2, 0) is 13.6 Å². The molecule has 1 aliphatic rings. The Morgan fingerprint density at radius 1 is 1.42 bits per heavy atom. The third-order valence-corrected chi connectivity index (χ3v) is 4.56. The molecule has 0 unspecified atom stereocenters. The summed E-state index contributed by atoms with van der Waals surface area (Å²) in [5, 5.41) is 7.42. The fourth-order valence-electron chi connectivity index (χ4n) is 2.33. The van der Waals surface area contributed by atoms with Crippen LogP contribution in [0.4, 0.5) is 0 Å². The van der Waals surface area contributed by atoms with Gasteiger partial charge in [-0.2, -0.15) is 5.10 Å². The van der Waals surface area contributed by atoms with Gasteiger partial charge in [0.1, 0.15) is 12.2 Å². The summed E-state index contributed by atoms with van der Waals surface area (Å²) in [7, 11) is 3.71. The molecule has 0 aliphatic carbocycles. The summed E-state index contributed by atoms with van der Waals surface area (Å²) in [5.74, 6) is 1.83. The summed E-state index contributed by atoms with van der Waals surface area (Å²) in [5.41, 5.74) is 0.407. The van der Waals surface area contributed by atoms with Gasteiger partial charge >= 0.3 is 0 Å². The van der Waals surface area contributed by atoms with Gasteiger partial charge in [-0.3, -0.25) is 9.67 Å². The number of nitrogens with zero attached hydrogens (tertiary/aromatic N) is 5. The van der Waals surface area contributed by atoms with Crippen LogP contribution in [0, 0.1) is 5.41 Å². The predicted molar refractivity (Wildman–Crippen MR) is 75.8 cm³/mol. The SMILES string of the molecule is CN=C(NCc1ncnn1C)N1CC(C)(C)C1(C)C. The van der Waals surface area contributed by atoms with Crippen molar-refractivity contribution in [3.63, 3.8) is 0 Å². The van der Waals surface area contributed by atoms with Crippen molar-refractivity contribution in [3.8, 4) is 0 Å². The first-order valence-electron chi connectivity index (χ1n) is 6.61. The summed E-state index contributed by atoms with van der Waals surface area (Å²) >= 11 is 0. The Bertz CT molecular complexity index is 485. The van der Waals surface area contributed by atoms with Crippen molar-refractivity contribution < 1.29 is 0 Å². The Hall–Kier alpha value is -1.59. The summed E-state index contributed by atoms with van der Waals surface area (Å²) in [6.45, 7) is 10.7. The van der Waals surface area contributed by atoms with Crippen LogP contribution < -0.4 is 5.32 Å². The van der Waals surface area contributed by atoms with E-state index in [4.69, 9.17) is 0 Å². The molecule has 6 heteroatoms. The standard InChI is InChI=1S/C13H24N6/c1-12(2)8-19(13(12,3)4)11(14-5)15-7-10-16-9-17-18(10)6/h9H,7-8H2,1-6H3,(H,14,15). The maximum Gasteiger partial charge on any atom is 0.194 e. The summed E-state index contributed by atoms with van der Waals surface area (Å²) < 4.78 is 1.77. The molecule has 2 heterocycles. The molecule has 2 rings (SSSR count). The zero-order valence-corrected chi connectivity index (χ0v) is 12.7. The number of guanidine groups is 1. The van der Waals surface area contributed by atoms with Crippen molar-refractivity contribution in [1.82, 2.24) is 25.0 Å². The van der Waals surface area contributed by atoms with E-state index in [-0.39, 0.29) is 5.54 Å². The quantitative estimate of drug-likeness (QED) is 0.640. The minimum absolute atomic E-state index is 0.106. The zero-order valence-electron chi connectivity index (χ0n) is 12.7.